The van der Waals surface area contributed by atoms with Crippen molar-refractivity contribution in [3.8, 4) is 0 Å². The quantitative estimate of drug-likeness (QED) is 0.889. The maximum atomic E-state index is 6.33. The highest BCUT2D eigenvalue weighted by Gasteiger charge is 2.33. The Bertz CT molecular complexity index is 460. The van der Waals surface area contributed by atoms with Gasteiger partial charge in [0, 0.05) is 31.2 Å². The van der Waals surface area contributed by atoms with Gasteiger partial charge in [-0.15, -0.1) is 0 Å². The number of benzene rings is 1. The van der Waals surface area contributed by atoms with Gasteiger partial charge in [0.25, 0.3) is 0 Å². The van der Waals surface area contributed by atoms with Gasteiger partial charge in [-0.05, 0) is 31.9 Å². The summed E-state index contributed by atoms with van der Waals surface area (Å²) in [7, 11) is 0. The Morgan fingerprint density at radius 3 is 2.80 bits per heavy atom. The van der Waals surface area contributed by atoms with E-state index in [1.807, 2.05) is 12.1 Å². The minimum absolute atomic E-state index is 0.135. The van der Waals surface area contributed by atoms with Crippen LogP contribution in [0.4, 0.5) is 0 Å². The fourth-order valence-corrected chi connectivity index (χ4v) is 3.16. The Balaban J connectivity index is 2.14. The van der Waals surface area contributed by atoms with Gasteiger partial charge in [0.1, 0.15) is 0 Å². The SMILES string of the molecule is CCCC1CN(Cc2cccc(Cl)c2Cl)C(C)(C)CN1. The van der Waals surface area contributed by atoms with Crippen molar-refractivity contribution in [2.75, 3.05) is 13.1 Å². The van der Waals surface area contributed by atoms with Crippen molar-refractivity contribution in [2.24, 2.45) is 0 Å². The third-order valence-corrected chi connectivity index (χ3v) is 5.01. The number of rotatable bonds is 4. The molecule has 1 saturated heterocycles. The molecule has 112 valence electrons. The zero-order chi connectivity index (χ0) is 14.8. The molecule has 1 fully saturated rings. The number of hydrogen-bond acceptors (Lipinski definition) is 2. The van der Waals surface area contributed by atoms with Crippen molar-refractivity contribution >= 4 is 23.2 Å². The lowest BCUT2D eigenvalue weighted by Gasteiger charge is -2.46. The number of hydrogen-bond donors (Lipinski definition) is 1. The van der Waals surface area contributed by atoms with Gasteiger partial charge >= 0.3 is 0 Å². The van der Waals surface area contributed by atoms with Crippen molar-refractivity contribution in [2.45, 2.75) is 51.7 Å². The summed E-state index contributed by atoms with van der Waals surface area (Å²) in [6.45, 7) is 9.72. The van der Waals surface area contributed by atoms with Crippen LogP contribution in [0.3, 0.4) is 0 Å². The van der Waals surface area contributed by atoms with Crippen LogP contribution in [0.2, 0.25) is 10.0 Å². The summed E-state index contributed by atoms with van der Waals surface area (Å²) in [4.78, 5) is 2.52. The average Bonchev–Trinajstić information content (AvgIpc) is 2.39. The highest BCUT2D eigenvalue weighted by molar-refractivity contribution is 6.42. The van der Waals surface area contributed by atoms with Crippen molar-refractivity contribution in [1.82, 2.24) is 10.2 Å². The van der Waals surface area contributed by atoms with Crippen molar-refractivity contribution in [3.63, 3.8) is 0 Å². The third kappa shape index (κ3) is 3.67. The van der Waals surface area contributed by atoms with Crippen LogP contribution in [-0.2, 0) is 6.54 Å². The molecule has 0 saturated carbocycles. The first-order valence-electron chi connectivity index (χ1n) is 7.35. The number of halogens is 2. The van der Waals surface area contributed by atoms with Gasteiger partial charge in [0.15, 0.2) is 0 Å². The first-order chi connectivity index (χ1) is 9.44. The molecule has 20 heavy (non-hydrogen) atoms. The molecule has 4 heteroatoms. The van der Waals surface area contributed by atoms with E-state index < -0.39 is 0 Å². The Hall–Kier alpha value is -0.280. The maximum absolute atomic E-state index is 6.33. The third-order valence-electron chi connectivity index (χ3n) is 4.15. The van der Waals surface area contributed by atoms with E-state index in [-0.39, 0.29) is 5.54 Å². The smallest absolute Gasteiger partial charge is 0.0637 e. The molecule has 0 aliphatic carbocycles. The Kier molecular flexibility index (Phi) is 5.36. The minimum Gasteiger partial charge on any atom is -0.311 e. The van der Waals surface area contributed by atoms with Crippen molar-refractivity contribution < 1.29 is 0 Å². The first kappa shape index (κ1) is 16.1. The molecule has 2 nitrogen and oxygen atoms in total. The second kappa shape index (κ2) is 6.65. The lowest BCUT2D eigenvalue weighted by atomic mass is 9.95. The summed E-state index contributed by atoms with van der Waals surface area (Å²) in [6.07, 6.45) is 2.43. The summed E-state index contributed by atoms with van der Waals surface area (Å²) in [5.74, 6) is 0. The Labute approximate surface area is 132 Å². The average molecular weight is 315 g/mol. The molecular formula is C16H24Cl2N2. The minimum atomic E-state index is 0.135. The monoisotopic (exact) mass is 314 g/mol. The fraction of sp³-hybridized carbons (Fsp3) is 0.625. The van der Waals surface area contributed by atoms with Crippen LogP contribution in [-0.4, -0.2) is 29.6 Å². The van der Waals surface area contributed by atoms with Gasteiger partial charge in [-0.1, -0.05) is 48.7 Å². The van der Waals surface area contributed by atoms with Gasteiger partial charge in [0.05, 0.1) is 10.0 Å². The highest BCUT2D eigenvalue weighted by atomic mass is 35.5. The molecule has 1 atom stereocenters. The predicted molar refractivity (Wildman–Crippen MR) is 87.6 cm³/mol. The summed E-state index contributed by atoms with van der Waals surface area (Å²) in [6, 6.07) is 6.46. The molecule has 0 radical (unpaired) electrons. The molecular weight excluding hydrogens is 291 g/mol. The predicted octanol–water partition coefficient (Wildman–Crippen LogP) is 4.35. The van der Waals surface area contributed by atoms with Crippen LogP contribution in [0, 0.1) is 0 Å². The molecule has 2 rings (SSSR count). The molecule has 1 aromatic rings. The molecule has 0 aromatic heterocycles. The van der Waals surface area contributed by atoms with Gasteiger partial charge in [0.2, 0.25) is 0 Å². The van der Waals surface area contributed by atoms with E-state index in [4.69, 9.17) is 23.2 Å². The van der Waals surface area contributed by atoms with E-state index in [2.05, 4.69) is 37.1 Å². The van der Waals surface area contributed by atoms with Crippen LogP contribution in [0.5, 0.6) is 0 Å². The molecule has 0 amide bonds. The zero-order valence-electron chi connectivity index (χ0n) is 12.5. The number of nitrogens with one attached hydrogen (secondary N) is 1. The van der Waals surface area contributed by atoms with Gasteiger partial charge in [-0.25, -0.2) is 0 Å². The van der Waals surface area contributed by atoms with E-state index in [0.29, 0.717) is 16.1 Å². The van der Waals surface area contributed by atoms with E-state index in [0.717, 1.165) is 25.2 Å². The topological polar surface area (TPSA) is 15.3 Å². The molecule has 0 spiro atoms. The molecule has 1 unspecified atom stereocenters. The highest BCUT2D eigenvalue weighted by Crippen LogP contribution is 2.29. The maximum Gasteiger partial charge on any atom is 0.0637 e. The van der Waals surface area contributed by atoms with Gasteiger partial charge in [-0.3, -0.25) is 4.90 Å². The number of piperazine rings is 1. The summed E-state index contributed by atoms with van der Waals surface area (Å²) < 4.78 is 0. The molecule has 0 bridgehead atoms. The molecule has 1 heterocycles. The van der Waals surface area contributed by atoms with Gasteiger partial charge in [-0.2, -0.15) is 0 Å². The van der Waals surface area contributed by atoms with Crippen LogP contribution < -0.4 is 5.32 Å². The number of nitrogens with zero attached hydrogens (tertiary/aromatic N) is 1. The zero-order valence-corrected chi connectivity index (χ0v) is 14.1. The van der Waals surface area contributed by atoms with E-state index in [9.17, 15) is 0 Å². The standard InChI is InChI=1S/C16H24Cl2N2/c1-4-6-13-10-20(16(2,3)11-19-13)9-12-7-5-8-14(17)15(12)18/h5,7-8,13,19H,4,6,9-11H2,1-3H3. The van der Waals surface area contributed by atoms with Crippen molar-refractivity contribution in [1.29, 1.82) is 0 Å². The molecule has 1 aromatic carbocycles. The van der Waals surface area contributed by atoms with Crippen molar-refractivity contribution in [3.05, 3.63) is 33.8 Å². The van der Waals surface area contributed by atoms with E-state index in [1.54, 1.807) is 0 Å². The lowest BCUT2D eigenvalue weighted by molar-refractivity contribution is 0.0564. The summed E-state index contributed by atoms with van der Waals surface area (Å²) >= 11 is 12.4. The van der Waals surface area contributed by atoms with Crippen LogP contribution in [0.1, 0.15) is 39.2 Å². The largest absolute Gasteiger partial charge is 0.311 e. The van der Waals surface area contributed by atoms with E-state index in [1.165, 1.54) is 12.8 Å². The normalized spacial score (nSPS) is 22.9. The van der Waals surface area contributed by atoms with Crippen LogP contribution >= 0.6 is 23.2 Å². The Morgan fingerprint density at radius 2 is 2.10 bits per heavy atom. The molecule has 1 aliphatic rings. The Morgan fingerprint density at radius 1 is 1.35 bits per heavy atom. The lowest BCUT2D eigenvalue weighted by Crippen LogP contribution is -2.61. The summed E-state index contributed by atoms with van der Waals surface area (Å²) in [5, 5.41) is 4.98. The van der Waals surface area contributed by atoms with Crippen LogP contribution in [0.15, 0.2) is 18.2 Å². The fourth-order valence-electron chi connectivity index (χ4n) is 2.78. The molecule has 1 N–H and O–H groups in total. The second-order valence-electron chi connectivity index (χ2n) is 6.27. The van der Waals surface area contributed by atoms with Crippen LogP contribution in [0.25, 0.3) is 0 Å². The van der Waals surface area contributed by atoms with E-state index >= 15 is 0 Å². The first-order valence-corrected chi connectivity index (χ1v) is 8.11. The summed E-state index contributed by atoms with van der Waals surface area (Å²) in [5.41, 5.74) is 1.25. The molecule has 1 aliphatic heterocycles. The van der Waals surface area contributed by atoms with Gasteiger partial charge < -0.3 is 5.32 Å². The second-order valence-corrected chi connectivity index (χ2v) is 7.06.